The van der Waals surface area contributed by atoms with Gasteiger partial charge in [-0.3, -0.25) is 0 Å². The molecule has 0 unspecified atom stereocenters. The molecule has 0 aromatic heterocycles. The number of nitrogens with two attached hydrogens (primary N) is 1. The van der Waals surface area contributed by atoms with E-state index in [9.17, 15) is 0 Å². The maximum Gasteiger partial charge on any atom is 0.120 e. The van der Waals surface area contributed by atoms with E-state index in [1.807, 2.05) is 12.1 Å². The van der Waals surface area contributed by atoms with Crippen molar-refractivity contribution in [2.24, 2.45) is 5.73 Å². The van der Waals surface area contributed by atoms with Crippen LogP contribution >= 0.6 is 15.9 Å². The van der Waals surface area contributed by atoms with Crippen LogP contribution in [0, 0.1) is 11.3 Å². The van der Waals surface area contributed by atoms with Crippen LogP contribution in [0.1, 0.15) is 37.7 Å². The second-order valence-electron chi connectivity index (χ2n) is 4.97. The molecule has 4 heteroatoms. The van der Waals surface area contributed by atoms with Crippen LogP contribution < -0.4 is 10.5 Å². The molecule has 1 aromatic carbocycles. The Balaban J connectivity index is 1.98. The summed E-state index contributed by atoms with van der Waals surface area (Å²) in [7, 11) is 0. The molecule has 1 fully saturated rings. The van der Waals surface area contributed by atoms with Gasteiger partial charge in [-0.1, -0.05) is 19.3 Å². The number of hydrogen-bond donors (Lipinski definition) is 1. The molecular formula is C14H17BrN2O. The van der Waals surface area contributed by atoms with Gasteiger partial charge in [0.15, 0.2) is 0 Å². The third kappa shape index (κ3) is 3.24. The number of halogens is 1. The first-order valence-corrected chi connectivity index (χ1v) is 7.04. The summed E-state index contributed by atoms with van der Waals surface area (Å²) in [5.74, 6) is 0.760. The molecule has 0 saturated heterocycles. The molecule has 0 aliphatic heterocycles. The van der Waals surface area contributed by atoms with Crippen molar-refractivity contribution in [3.8, 4) is 11.8 Å². The molecule has 1 aliphatic carbocycles. The summed E-state index contributed by atoms with van der Waals surface area (Å²) in [6.07, 6.45) is 5.73. The van der Waals surface area contributed by atoms with Gasteiger partial charge in [0.05, 0.1) is 11.1 Å². The highest BCUT2D eigenvalue weighted by Gasteiger charge is 2.28. The van der Waals surface area contributed by atoms with Crippen LogP contribution in [0.25, 0.3) is 0 Å². The van der Waals surface area contributed by atoms with Gasteiger partial charge in [-0.05, 0) is 47.0 Å². The maximum absolute atomic E-state index is 8.84. The molecule has 1 aromatic rings. The lowest BCUT2D eigenvalue weighted by atomic mass is 9.83. The molecule has 0 atom stereocenters. The lowest BCUT2D eigenvalue weighted by molar-refractivity contribution is 0.173. The molecule has 0 radical (unpaired) electrons. The van der Waals surface area contributed by atoms with Gasteiger partial charge in [0.1, 0.15) is 18.4 Å². The minimum absolute atomic E-state index is 0.182. The van der Waals surface area contributed by atoms with E-state index >= 15 is 0 Å². The summed E-state index contributed by atoms with van der Waals surface area (Å²) >= 11 is 3.35. The van der Waals surface area contributed by atoms with E-state index < -0.39 is 0 Å². The molecule has 0 amide bonds. The van der Waals surface area contributed by atoms with Crippen LogP contribution in [-0.2, 0) is 0 Å². The van der Waals surface area contributed by atoms with E-state index in [2.05, 4.69) is 22.0 Å². The van der Waals surface area contributed by atoms with Crippen LogP contribution in [0.2, 0.25) is 0 Å². The Morgan fingerprint density at radius 1 is 1.33 bits per heavy atom. The number of benzene rings is 1. The molecule has 18 heavy (non-hydrogen) atoms. The highest BCUT2D eigenvalue weighted by atomic mass is 79.9. The number of rotatable bonds is 3. The third-order valence-corrected chi connectivity index (χ3v) is 4.09. The van der Waals surface area contributed by atoms with E-state index in [0.29, 0.717) is 12.2 Å². The Labute approximate surface area is 116 Å². The molecule has 2 rings (SSSR count). The Morgan fingerprint density at radius 2 is 2.06 bits per heavy atom. The van der Waals surface area contributed by atoms with Crippen molar-refractivity contribution in [3.05, 3.63) is 28.2 Å². The fraction of sp³-hybridized carbons (Fsp3) is 0.500. The van der Waals surface area contributed by atoms with E-state index in [1.165, 1.54) is 19.3 Å². The van der Waals surface area contributed by atoms with Crippen molar-refractivity contribution < 1.29 is 4.74 Å². The van der Waals surface area contributed by atoms with Crippen molar-refractivity contribution in [1.29, 1.82) is 5.26 Å². The average molecular weight is 309 g/mol. The molecular weight excluding hydrogens is 292 g/mol. The van der Waals surface area contributed by atoms with Crippen LogP contribution in [0.3, 0.4) is 0 Å². The molecule has 96 valence electrons. The highest BCUT2D eigenvalue weighted by Crippen LogP contribution is 2.28. The van der Waals surface area contributed by atoms with Crippen molar-refractivity contribution in [3.63, 3.8) is 0 Å². The van der Waals surface area contributed by atoms with E-state index in [0.717, 1.165) is 23.1 Å². The van der Waals surface area contributed by atoms with Gasteiger partial charge in [0, 0.05) is 4.47 Å². The van der Waals surface area contributed by atoms with Crippen LogP contribution in [0.4, 0.5) is 0 Å². The zero-order valence-electron chi connectivity index (χ0n) is 10.3. The quantitative estimate of drug-likeness (QED) is 0.931. The predicted octanol–water partition coefficient (Wildman–Crippen LogP) is 3.36. The Bertz CT molecular complexity index is 461. The zero-order valence-corrected chi connectivity index (χ0v) is 11.9. The first-order valence-electron chi connectivity index (χ1n) is 6.24. The van der Waals surface area contributed by atoms with Crippen molar-refractivity contribution in [2.45, 2.75) is 37.6 Å². The molecule has 0 heterocycles. The summed E-state index contributed by atoms with van der Waals surface area (Å²) in [5, 5.41) is 8.84. The van der Waals surface area contributed by atoms with Crippen LogP contribution in [0.5, 0.6) is 5.75 Å². The highest BCUT2D eigenvalue weighted by molar-refractivity contribution is 9.10. The van der Waals surface area contributed by atoms with Gasteiger partial charge in [-0.2, -0.15) is 5.26 Å². The summed E-state index contributed by atoms with van der Waals surface area (Å²) in [4.78, 5) is 0. The fourth-order valence-electron chi connectivity index (χ4n) is 2.30. The van der Waals surface area contributed by atoms with Gasteiger partial charge in [0.2, 0.25) is 0 Å². The molecule has 2 N–H and O–H groups in total. The lowest BCUT2D eigenvalue weighted by Crippen LogP contribution is -2.47. The van der Waals surface area contributed by atoms with Gasteiger partial charge >= 0.3 is 0 Å². The minimum Gasteiger partial charge on any atom is -0.492 e. The monoisotopic (exact) mass is 308 g/mol. The standard InChI is InChI=1S/C14H17BrN2O/c15-13-8-12(5-4-11(13)9-16)18-10-14(17)6-2-1-3-7-14/h4-5,8H,1-3,6-7,10,17H2. The largest absolute Gasteiger partial charge is 0.492 e. The van der Waals surface area contributed by atoms with Gasteiger partial charge < -0.3 is 10.5 Å². The molecule has 3 nitrogen and oxygen atoms in total. The van der Waals surface area contributed by atoms with E-state index in [4.69, 9.17) is 15.7 Å². The average Bonchev–Trinajstić information content (AvgIpc) is 2.38. The predicted molar refractivity (Wildman–Crippen MR) is 74.4 cm³/mol. The Morgan fingerprint density at radius 3 is 2.67 bits per heavy atom. The summed E-state index contributed by atoms with van der Waals surface area (Å²) in [5.41, 5.74) is 6.74. The van der Waals surface area contributed by atoms with Gasteiger partial charge in [0.25, 0.3) is 0 Å². The zero-order chi connectivity index (χ0) is 13.0. The maximum atomic E-state index is 8.84. The number of nitriles is 1. The van der Waals surface area contributed by atoms with Crippen molar-refractivity contribution in [2.75, 3.05) is 6.61 Å². The normalized spacial score (nSPS) is 18.1. The van der Waals surface area contributed by atoms with Gasteiger partial charge in [-0.25, -0.2) is 0 Å². The van der Waals surface area contributed by atoms with E-state index in [1.54, 1.807) is 6.07 Å². The van der Waals surface area contributed by atoms with Crippen LogP contribution in [-0.4, -0.2) is 12.1 Å². The van der Waals surface area contributed by atoms with Crippen LogP contribution in [0.15, 0.2) is 22.7 Å². The SMILES string of the molecule is N#Cc1ccc(OCC2(N)CCCCC2)cc1Br. The first kappa shape index (κ1) is 13.4. The van der Waals surface area contributed by atoms with E-state index in [-0.39, 0.29) is 5.54 Å². The fourth-order valence-corrected chi connectivity index (χ4v) is 2.75. The minimum atomic E-state index is -0.182. The third-order valence-electron chi connectivity index (χ3n) is 3.44. The molecule has 1 aliphatic rings. The number of ether oxygens (including phenoxy) is 1. The van der Waals surface area contributed by atoms with Crippen molar-refractivity contribution in [1.82, 2.24) is 0 Å². The Kier molecular flexibility index (Phi) is 4.26. The summed E-state index contributed by atoms with van der Waals surface area (Å²) < 4.78 is 6.53. The molecule has 0 spiro atoms. The smallest absolute Gasteiger partial charge is 0.120 e. The first-order chi connectivity index (χ1) is 8.63. The second kappa shape index (κ2) is 5.73. The Hall–Kier alpha value is -1.05. The van der Waals surface area contributed by atoms with Gasteiger partial charge in [-0.15, -0.1) is 0 Å². The lowest BCUT2D eigenvalue weighted by Gasteiger charge is -2.33. The molecule has 1 saturated carbocycles. The summed E-state index contributed by atoms with van der Waals surface area (Å²) in [6, 6.07) is 7.50. The van der Waals surface area contributed by atoms with Crippen molar-refractivity contribution >= 4 is 15.9 Å². The number of nitrogens with zero attached hydrogens (tertiary/aromatic N) is 1. The molecule has 0 bridgehead atoms. The second-order valence-corrected chi connectivity index (χ2v) is 5.82. The topological polar surface area (TPSA) is 59.0 Å². The summed E-state index contributed by atoms with van der Waals surface area (Å²) in [6.45, 7) is 0.547. The number of hydrogen-bond acceptors (Lipinski definition) is 3.